The lowest BCUT2D eigenvalue weighted by Gasteiger charge is -2.32. The maximum atomic E-state index is 13.9. The van der Waals surface area contributed by atoms with Gasteiger partial charge >= 0.3 is 0 Å². The number of anilines is 1. The van der Waals surface area contributed by atoms with Crippen LogP contribution < -0.4 is 14.4 Å². The molecule has 0 fully saturated rings. The standard InChI is InChI=1S/C30H36ClN3O5S/c1-6-39-27-15-17-28(18-16-27)40(37,38)34(26-13-7-22(4)8-14-26)20-29(35)33(23(5)30(36)32-21(2)3)19-24-9-11-25(31)12-10-24/h7-18,21,23H,6,19-20H2,1-5H3,(H,32,36)/t23-/m1/s1. The van der Waals surface area contributed by atoms with E-state index in [1.54, 1.807) is 67.6 Å². The highest BCUT2D eigenvalue weighted by Crippen LogP contribution is 2.26. The molecule has 0 saturated carbocycles. The molecule has 0 saturated heterocycles. The fourth-order valence-corrected chi connectivity index (χ4v) is 5.56. The Bertz CT molecular complexity index is 1390. The molecule has 1 atom stereocenters. The van der Waals surface area contributed by atoms with Crippen LogP contribution in [0.3, 0.4) is 0 Å². The molecule has 2 amide bonds. The van der Waals surface area contributed by atoms with Crippen molar-refractivity contribution in [1.82, 2.24) is 10.2 Å². The van der Waals surface area contributed by atoms with Crippen LogP contribution in [0.1, 0.15) is 38.8 Å². The van der Waals surface area contributed by atoms with Gasteiger partial charge in [-0.25, -0.2) is 8.42 Å². The summed E-state index contributed by atoms with van der Waals surface area (Å²) in [5.41, 5.74) is 2.02. The van der Waals surface area contributed by atoms with Gasteiger partial charge in [0.25, 0.3) is 10.0 Å². The fraction of sp³-hybridized carbons (Fsp3) is 0.333. The molecule has 214 valence electrons. The van der Waals surface area contributed by atoms with Crippen LogP contribution in [0, 0.1) is 6.92 Å². The second-order valence-corrected chi connectivity index (χ2v) is 12.0. The summed E-state index contributed by atoms with van der Waals surface area (Å²) in [4.78, 5) is 28.3. The molecular weight excluding hydrogens is 550 g/mol. The van der Waals surface area contributed by atoms with Crippen molar-refractivity contribution in [1.29, 1.82) is 0 Å². The summed E-state index contributed by atoms with van der Waals surface area (Å²) < 4.78 is 34.3. The normalized spacial score (nSPS) is 12.1. The molecule has 1 N–H and O–H groups in total. The average molecular weight is 586 g/mol. The average Bonchev–Trinajstić information content (AvgIpc) is 2.91. The van der Waals surface area contributed by atoms with E-state index in [4.69, 9.17) is 16.3 Å². The van der Waals surface area contributed by atoms with E-state index in [1.807, 2.05) is 27.7 Å². The van der Waals surface area contributed by atoms with Crippen molar-refractivity contribution in [3.8, 4) is 5.75 Å². The van der Waals surface area contributed by atoms with Crippen molar-refractivity contribution in [3.05, 3.63) is 88.9 Å². The predicted octanol–water partition coefficient (Wildman–Crippen LogP) is 5.18. The van der Waals surface area contributed by atoms with Crippen molar-refractivity contribution in [2.75, 3.05) is 17.5 Å². The highest BCUT2D eigenvalue weighted by molar-refractivity contribution is 7.92. The van der Waals surface area contributed by atoms with Gasteiger partial charge < -0.3 is 15.0 Å². The maximum Gasteiger partial charge on any atom is 0.264 e. The third-order valence-electron chi connectivity index (χ3n) is 6.19. The van der Waals surface area contributed by atoms with Crippen molar-refractivity contribution in [2.45, 2.75) is 58.1 Å². The summed E-state index contributed by atoms with van der Waals surface area (Å²) in [7, 11) is -4.16. The topological polar surface area (TPSA) is 96.0 Å². The number of halogens is 1. The number of amides is 2. The number of nitrogens with zero attached hydrogens (tertiary/aromatic N) is 2. The summed E-state index contributed by atoms with van der Waals surface area (Å²) in [6.45, 7) is 9.05. The van der Waals surface area contributed by atoms with Gasteiger partial charge in [-0.05, 0) is 88.7 Å². The van der Waals surface area contributed by atoms with E-state index in [1.165, 1.54) is 17.0 Å². The summed E-state index contributed by atoms with van der Waals surface area (Å²) in [6.07, 6.45) is 0. The zero-order chi connectivity index (χ0) is 29.4. The van der Waals surface area contributed by atoms with Gasteiger partial charge in [0.15, 0.2) is 0 Å². The van der Waals surface area contributed by atoms with Gasteiger partial charge in [0, 0.05) is 17.6 Å². The number of nitrogens with one attached hydrogen (secondary N) is 1. The van der Waals surface area contributed by atoms with Crippen molar-refractivity contribution < 1.29 is 22.7 Å². The molecule has 3 aromatic rings. The lowest BCUT2D eigenvalue weighted by atomic mass is 10.1. The molecule has 0 aliphatic heterocycles. The van der Waals surface area contributed by atoms with Crippen LogP contribution in [-0.4, -0.2) is 50.4 Å². The van der Waals surface area contributed by atoms with Crippen LogP contribution in [-0.2, 0) is 26.2 Å². The second-order valence-electron chi connectivity index (χ2n) is 9.74. The second kappa shape index (κ2) is 13.7. The lowest BCUT2D eigenvalue weighted by Crippen LogP contribution is -2.52. The highest BCUT2D eigenvalue weighted by Gasteiger charge is 2.32. The molecule has 0 spiro atoms. The van der Waals surface area contributed by atoms with E-state index in [2.05, 4.69) is 5.32 Å². The van der Waals surface area contributed by atoms with Gasteiger partial charge in [0.05, 0.1) is 17.2 Å². The molecule has 0 unspecified atom stereocenters. The monoisotopic (exact) mass is 585 g/mol. The molecule has 0 aliphatic carbocycles. The molecule has 3 aromatic carbocycles. The van der Waals surface area contributed by atoms with Gasteiger partial charge in [-0.3, -0.25) is 13.9 Å². The molecule has 0 radical (unpaired) electrons. The summed E-state index contributed by atoms with van der Waals surface area (Å²) >= 11 is 6.04. The summed E-state index contributed by atoms with van der Waals surface area (Å²) in [6, 6.07) is 18.9. The number of sulfonamides is 1. The first kappa shape index (κ1) is 31.0. The van der Waals surface area contributed by atoms with Crippen LogP contribution in [0.15, 0.2) is 77.7 Å². The number of hydrogen-bond acceptors (Lipinski definition) is 5. The fourth-order valence-electron chi connectivity index (χ4n) is 4.02. The van der Waals surface area contributed by atoms with Gasteiger partial charge in [-0.15, -0.1) is 0 Å². The van der Waals surface area contributed by atoms with E-state index >= 15 is 0 Å². The Hall–Kier alpha value is -3.56. The predicted molar refractivity (Wildman–Crippen MR) is 158 cm³/mol. The third kappa shape index (κ3) is 7.99. The largest absolute Gasteiger partial charge is 0.494 e. The van der Waals surface area contributed by atoms with Crippen molar-refractivity contribution in [2.24, 2.45) is 0 Å². The van der Waals surface area contributed by atoms with Crippen molar-refractivity contribution >= 4 is 39.1 Å². The molecule has 0 heterocycles. The number of hydrogen-bond donors (Lipinski definition) is 1. The third-order valence-corrected chi connectivity index (χ3v) is 8.23. The maximum absolute atomic E-state index is 13.9. The first-order chi connectivity index (χ1) is 18.9. The van der Waals surface area contributed by atoms with E-state index < -0.39 is 28.5 Å². The Morgan fingerprint density at radius 2 is 1.52 bits per heavy atom. The molecule has 0 bridgehead atoms. The van der Waals surface area contributed by atoms with Crippen LogP contribution in [0.5, 0.6) is 5.75 Å². The number of carbonyl (C=O) groups is 2. The first-order valence-electron chi connectivity index (χ1n) is 13.1. The Morgan fingerprint density at radius 3 is 2.08 bits per heavy atom. The zero-order valence-electron chi connectivity index (χ0n) is 23.4. The number of benzene rings is 3. The first-order valence-corrected chi connectivity index (χ1v) is 14.9. The van der Waals surface area contributed by atoms with Crippen LogP contribution >= 0.6 is 11.6 Å². The minimum atomic E-state index is -4.16. The van der Waals surface area contributed by atoms with Crippen molar-refractivity contribution in [3.63, 3.8) is 0 Å². The Morgan fingerprint density at radius 1 is 0.925 bits per heavy atom. The van der Waals surface area contributed by atoms with E-state index in [0.717, 1.165) is 15.4 Å². The quantitative estimate of drug-likeness (QED) is 0.316. The summed E-state index contributed by atoms with van der Waals surface area (Å²) in [5, 5.41) is 3.38. The zero-order valence-corrected chi connectivity index (χ0v) is 25.0. The van der Waals surface area contributed by atoms with Crippen LogP contribution in [0.4, 0.5) is 5.69 Å². The molecule has 0 aliphatic rings. The van der Waals surface area contributed by atoms with Gasteiger partial charge in [-0.1, -0.05) is 41.4 Å². The lowest BCUT2D eigenvalue weighted by molar-refractivity contribution is -0.139. The number of ether oxygens (including phenoxy) is 1. The Labute approximate surface area is 241 Å². The van der Waals surface area contributed by atoms with Gasteiger partial charge in [-0.2, -0.15) is 0 Å². The van der Waals surface area contributed by atoms with Crippen LogP contribution in [0.2, 0.25) is 5.02 Å². The highest BCUT2D eigenvalue weighted by atomic mass is 35.5. The molecule has 3 rings (SSSR count). The van der Waals surface area contributed by atoms with Gasteiger partial charge in [0.1, 0.15) is 18.3 Å². The smallest absolute Gasteiger partial charge is 0.264 e. The molecular formula is C30H36ClN3O5S. The number of aryl methyl sites for hydroxylation is 1. The van der Waals surface area contributed by atoms with Crippen LogP contribution in [0.25, 0.3) is 0 Å². The number of rotatable bonds is 12. The SMILES string of the molecule is CCOc1ccc(S(=O)(=O)N(CC(=O)N(Cc2ccc(Cl)cc2)[C@H](C)C(=O)NC(C)C)c2ccc(C)cc2)cc1. The molecule has 10 heteroatoms. The number of carbonyl (C=O) groups excluding carboxylic acids is 2. The molecule has 40 heavy (non-hydrogen) atoms. The van der Waals surface area contributed by atoms with E-state index in [-0.39, 0.29) is 23.4 Å². The van der Waals surface area contributed by atoms with E-state index in [0.29, 0.717) is 23.1 Å². The Balaban J connectivity index is 2.01. The minimum absolute atomic E-state index is 0.0131. The Kier molecular flexibility index (Phi) is 10.6. The molecule has 8 nitrogen and oxygen atoms in total. The van der Waals surface area contributed by atoms with E-state index in [9.17, 15) is 18.0 Å². The minimum Gasteiger partial charge on any atom is -0.494 e. The summed E-state index contributed by atoms with van der Waals surface area (Å²) in [5.74, 6) is -0.330. The van der Waals surface area contributed by atoms with Gasteiger partial charge in [0.2, 0.25) is 11.8 Å². The molecule has 0 aromatic heterocycles.